The predicted molar refractivity (Wildman–Crippen MR) is 369 cm³/mol. The van der Waals surface area contributed by atoms with Crippen molar-refractivity contribution in [3.63, 3.8) is 0 Å². The van der Waals surface area contributed by atoms with Crippen LogP contribution in [0.1, 0.15) is 226 Å². The molecule has 28 heteroatoms. The third kappa shape index (κ3) is 265. The molecule has 12 radical (unpaired) electrons. The maximum absolute atomic E-state index is 11.3. The molecule has 1 aliphatic heterocycles. The van der Waals surface area contributed by atoms with Gasteiger partial charge in [-0.25, -0.2) is 4.79 Å². The molecule has 1 aliphatic rings. The van der Waals surface area contributed by atoms with Gasteiger partial charge in [-0.15, -0.1) is 0 Å². The molecule has 0 unspecified atom stereocenters. The largest absolute Gasteiger partial charge is 0.533 e. The quantitative estimate of drug-likeness (QED) is 0.0301. The van der Waals surface area contributed by atoms with Crippen LogP contribution in [0.2, 0.25) is 0 Å². The number of rotatable bonds is 19. The van der Waals surface area contributed by atoms with Crippen LogP contribution in [-0.2, 0) is 440 Å². The minimum atomic E-state index is -1.08. The molecule has 0 spiro atoms. The molecule has 12 nitrogen and oxygen atoms in total. The fourth-order valence-electron chi connectivity index (χ4n) is 2.32. The van der Waals surface area contributed by atoms with Crippen molar-refractivity contribution in [3.05, 3.63) is 89.1 Å². The third-order valence-corrected chi connectivity index (χ3v) is 8.83. The molecule has 1 heterocycles. The summed E-state index contributed by atoms with van der Waals surface area (Å²) < 4.78 is 19.6. The van der Waals surface area contributed by atoms with Gasteiger partial charge >= 0.3 is 24.1 Å². The number of imide groups is 1. The Balaban J connectivity index is -0.0000000104. The standard InChI is InChI=1S/C12H17NO7S2.C12H22O4S2.12C2H6.12CH3.12Y/c1-2-11(16)18-5-7-21-22-8-6-19-12(17)20-13-9(14)3-4-10(13)15;1-4-11(13)15-5-7-17-18-8-6-16-12(14)9-10(2)3;12*1-2;;;;;;;;;;;;;;;;;;;;;;;;/h2-8H2,1H3;10H,4-9H2,1-3H3;12*1-2H3;12*1H3;;;;;;;;;;;;/q;;;;;;;;;;;;;;12*-1;;;;;;;;;;;;. The van der Waals surface area contributed by atoms with Gasteiger partial charge in [-0.3, -0.25) is 28.8 Å². The normalized spacial score (nSPS) is 6.49. The molecule has 0 aromatic rings. The van der Waals surface area contributed by atoms with Crippen molar-refractivity contribution >= 4 is 79.1 Å². The van der Waals surface area contributed by atoms with E-state index in [9.17, 15) is 28.8 Å². The fraction of sp³-hybridized carbons (Fsp3) is 0.700. The molecule has 0 N–H and O–H groups in total. The molecule has 0 aromatic carbocycles. The number of nitrogens with zero attached hydrogens (tertiary/aromatic N) is 1. The van der Waals surface area contributed by atoms with Crippen LogP contribution in [0.15, 0.2) is 0 Å². The van der Waals surface area contributed by atoms with Gasteiger partial charge in [0.05, 0.1) is 0 Å². The van der Waals surface area contributed by atoms with E-state index < -0.39 is 18.0 Å². The summed E-state index contributed by atoms with van der Waals surface area (Å²) in [6, 6.07) is 0. The molecular formula is C60H147NO11S4Y12-12. The Labute approximate surface area is 881 Å². The first-order valence-electron chi connectivity index (χ1n) is 24.8. The SMILES string of the molecule is CC.CC.CC.CC.CC.CC.CC.CC.CC.CC.CC.CC.CCC(=O)OCCSSCCOC(=O)CC(C)C.CCC(=O)OCCSSCCOC(=O)ON1C(=O)CCC1=O.[CH3-].[CH3-].[CH3-].[CH3-].[CH3-].[CH3-].[CH3-].[CH3-].[CH3-].[CH3-].[CH3-].[CH3-].[Y].[Y].[Y].[Y].[Y].[Y].[Y].[Y].[Y].[Y].[Y].[Y]. The molecule has 0 bridgehead atoms. The van der Waals surface area contributed by atoms with Gasteiger partial charge in [-0.05, 0) is 5.92 Å². The molecule has 0 saturated carbocycles. The van der Waals surface area contributed by atoms with Crippen LogP contribution in [0.4, 0.5) is 4.79 Å². The van der Waals surface area contributed by atoms with E-state index in [-0.39, 0.29) is 519 Å². The number of ether oxygens (including phenoxy) is 4. The molecule has 0 aromatic heterocycles. The number of hydrogen-bond donors (Lipinski definition) is 0. The fourth-order valence-corrected chi connectivity index (χ4v) is 5.63. The Morgan fingerprint density at radius 2 is 0.511 bits per heavy atom. The Kier molecular flexibility index (Phi) is 796. The van der Waals surface area contributed by atoms with Gasteiger partial charge in [-0.2, -0.15) is 0 Å². The van der Waals surface area contributed by atoms with Crippen molar-refractivity contribution in [1.82, 2.24) is 5.06 Å². The number of amides is 2. The molecule has 0 atom stereocenters. The average Bonchev–Trinajstić information content (AvgIpc) is 3.69. The van der Waals surface area contributed by atoms with Gasteiger partial charge in [0.25, 0.3) is 11.8 Å². The van der Waals surface area contributed by atoms with Crippen molar-refractivity contribution < 1.29 is 445 Å². The first kappa shape index (κ1) is 247. The molecule has 88 heavy (non-hydrogen) atoms. The first-order valence-corrected chi connectivity index (χ1v) is 29.7. The topological polar surface area (TPSA) is 152 Å². The summed E-state index contributed by atoms with van der Waals surface area (Å²) in [6.45, 7) is 56.8. The summed E-state index contributed by atoms with van der Waals surface area (Å²) in [5.41, 5.74) is 0. The van der Waals surface area contributed by atoms with Crippen molar-refractivity contribution in [1.29, 1.82) is 0 Å². The van der Waals surface area contributed by atoms with E-state index >= 15 is 0 Å². The number of hydroxylamine groups is 2. The number of carbonyl (C=O) groups is 6. The maximum Gasteiger partial charge on any atom is 0.533 e. The van der Waals surface area contributed by atoms with Crippen LogP contribution < -0.4 is 0 Å². The summed E-state index contributed by atoms with van der Waals surface area (Å²) in [5.74, 6) is 1.38. The minimum Gasteiger partial charge on any atom is -0.465 e. The second-order valence-corrected chi connectivity index (χ2v) is 13.4. The van der Waals surface area contributed by atoms with Crippen LogP contribution in [0.25, 0.3) is 0 Å². The smallest absolute Gasteiger partial charge is 0.465 e. The van der Waals surface area contributed by atoms with Crippen molar-refractivity contribution in [2.75, 3.05) is 49.4 Å². The Morgan fingerprint density at radius 3 is 0.682 bits per heavy atom. The van der Waals surface area contributed by atoms with E-state index in [1.807, 2.05) is 180 Å². The van der Waals surface area contributed by atoms with Crippen molar-refractivity contribution in [2.45, 2.75) is 226 Å². The van der Waals surface area contributed by atoms with Crippen molar-refractivity contribution in [3.8, 4) is 0 Å². The molecule has 1 saturated heterocycles. The first-order chi connectivity index (χ1) is 31.1. The minimum absolute atomic E-state index is 0. The van der Waals surface area contributed by atoms with Crippen LogP contribution in [0.5, 0.6) is 0 Å². The van der Waals surface area contributed by atoms with E-state index in [0.29, 0.717) is 61.6 Å². The van der Waals surface area contributed by atoms with Gasteiger partial charge in [0, 0.05) is 448 Å². The van der Waals surface area contributed by atoms with Gasteiger partial charge in [-0.1, -0.05) is 242 Å². The maximum atomic E-state index is 11.3. The van der Waals surface area contributed by atoms with E-state index in [1.54, 1.807) is 35.4 Å². The van der Waals surface area contributed by atoms with Crippen molar-refractivity contribution in [2.24, 2.45) is 5.92 Å². The Morgan fingerprint density at radius 1 is 0.341 bits per heavy atom. The van der Waals surface area contributed by atoms with Crippen LogP contribution >= 0.6 is 43.2 Å². The molecule has 2 amide bonds. The third-order valence-electron chi connectivity index (χ3n) is 4.17. The number of hydrogen-bond acceptors (Lipinski definition) is 15. The van der Waals surface area contributed by atoms with Gasteiger partial charge in [0.1, 0.15) is 26.4 Å². The molecular weight excluding hydrogens is 2110 g/mol. The van der Waals surface area contributed by atoms with Crippen LogP contribution in [0, 0.1) is 95.0 Å². The van der Waals surface area contributed by atoms with Crippen LogP contribution in [-0.4, -0.2) is 90.4 Å². The Hall–Kier alpha value is 11.5. The number of carbonyl (C=O) groups excluding carboxylic acids is 6. The zero-order valence-electron chi connectivity index (χ0n) is 66.3. The summed E-state index contributed by atoms with van der Waals surface area (Å²) in [6.07, 6.45) is 0.262. The summed E-state index contributed by atoms with van der Waals surface area (Å²) >= 11 is 0. The monoisotopic (exact) mass is 2250 g/mol. The average molecular weight is 2250 g/mol. The van der Waals surface area contributed by atoms with E-state index in [1.165, 1.54) is 21.6 Å². The summed E-state index contributed by atoms with van der Waals surface area (Å²) in [5, 5.41) is 0.437. The molecule has 1 fully saturated rings. The van der Waals surface area contributed by atoms with Gasteiger partial charge < -0.3 is 108 Å². The Bertz CT molecular complexity index is 851. The van der Waals surface area contributed by atoms with E-state index in [0.717, 1.165) is 11.5 Å². The zero-order chi connectivity index (χ0) is 54.2. The van der Waals surface area contributed by atoms with Crippen LogP contribution in [0.3, 0.4) is 0 Å². The van der Waals surface area contributed by atoms with E-state index in [4.69, 9.17) is 18.9 Å². The second-order valence-electron chi connectivity index (χ2n) is 8.03. The number of esters is 3. The molecule has 530 valence electrons. The van der Waals surface area contributed by atoms with E-state index in [2.05, 4.69) is 4.84 Å². The summed E-state index contributed by atoms with van der Waals surface area (Å²) in [4.78, 5) is 71.0. The molecule has 0 aliphatic carbocycles. The zero-order valence-corrected chi connectivity index (χ0v) is 104. The molecule has 1 rings (SSSR count). The summed E-state index contributed by atoms with van der Waals surface area (Å²) in [7, 11) is 6.16. The van der Waals surface area contributed by atoms with Gasteiger partial charge in [0.2, 0.25) is 0 Å². The second kappa shape index (κ2) is 283. The van der Waals surface area contributed by atoms with Gasteiger partial charge in [0.15, 0.2) is 0 Å². The predicted octanol–water partition coefficient (Wildman–Crippen LogP) is 22.1.